The van der Waals surface area contributed by atoms with Crippen molar-refractivity contribution in [2.75, 3.05) is 27.7 Å². The van der Waals surface area contributed by atoms with Gasteiger partial charge in [0.2, 0.25) is 0 Å². The van der Waals surface area contributed by atoms with E-state index >= 15 is 0 Å². The van der Waals surface area contributed by atoms with Crippen LogP contribution in [0.25, 0.3) is 0 Å². The van der Waals surface area contributed by atoms with Gasteiger partial charge in [-0.3, -0.25) is 0 Å². The van der Waals surface area contributed by atoms with Gasteiger partial charge >= 0.3 is 0 Å². The van der Waals surface area contributed by atoms with E-state index in [1.165, 1.54) is 16.8 Å². The summed E-state index contributed by atoms with van der Waals surface area (Å²) in [5.74, 6) is 0. The minimum atomic E-state index is 0.412. The van der Waals surface area contributed by atoms with Crippen molar-refractivity contribution >= 4 is 0 Å². The molecule has 0 amide bonds. The second-order valence-electron chi connectivity index (χ2n) is 5.19. The molecule has 0 N–H and O–H groups in total. The quantitative estimate of drug-likeness (QED) is 0.739. The third-order valence-corrected chi connectivity index (χ3v) is 3.64. The van der Waals surface area contributed by atoms with Crippen LogP contribution in [0.15, 0.2) is 47.3 Å². The summed E-state index contributed by atoms with van der Waals surface area (Å²) in [6, 6.07) is 0.412. The summed E-state index contributed by atoms with van der Waals surface area (Å²) < 4.78 is 0. The SMILES string of the molecule is CC1=C(C2=CN(N(C)C)C(C)C=C2)C=CCN1C. The van der Waals surface area contributed by atoms with E-state index in [1.54, 1.807) is 0 Å². The first-order valence-corrected chi connectivity index (χ1v) is 6.45. The second kappa shape index (κ2) is 5.02. The Balaban J connectivity index is 2.34. The van der Waals surface area contributed by atoms with Crippen LogP contribution in [0.4, 0.5) is 0 Å². The molecule has 2 aliphatic rings. The van der Waals surface area contributed by atoms with Crippen molar-refractivity contribution in [3.05, 3.63) is 47.3 Å². The van der Waals surface area contributed by atoms with Gasteiger partial charge in [-0.1, -0.05) is 24.3 Å². The molecule has 0 aromatic carbocycles. The molecule has 18 heavy (non-hydrogen) atoms. The van der Waals surface area contributed by atoms with Crippen molar-refractivity contribution in [3.63, 3.8) is 0 Å². The van der Waals surface area contributed by atoms with Gasteiger partial charge in [0.25, 0.3) is 0 Å². The molecule has 0 aromatic rings. The van der Waals surface area contributed by atoms with Crippen molar-refractivity contribution in [2.45, 2.75) is 19.9 Å². The normalized spacial score (nSPS) is 24.1. The number of likely N-dealkylation sites (N-methyl/N-ethyl adjacent to an activating group) is 1. The van der Waals surface area contributed by atoms with Gasteiger partial charge in [-0.2, -0.15) is 0 Å². The number of hydrogen-bond acceptors (Lipinski definition) is 3. The highest BCUT2D eigenvalue weighted by Crippen LogP contribution is 2.26. The molecule has 0 saturated heterocycles. The topological polar surface area (TPSA) is 9.72 Å². The van der Waals surface area contributed by atoms with Crippen LogP contribution in [0.2, 0.25) is 0 Å². The van der Waals surface area contributed by atoms with E-state index < -0.39 is 0 Å². The third kappa shape index (κ3) is 2.36. The lowest BCUT2D eigenvalue weighted by atomic mass is 9.98. The molecule has 0 saturated carbocycles. The maximum Gasteiger partial charge on any atom is 0.0605 e. The van der Waals surface area contributed by atoms with Crippen LogP contribution in [0.3, 0.4) is 0 Å². The van der Waals surface area contributed by atoms with Gasteiger partial charge in [0.15, 0.2) is 0 Å². The van der Waals surface area contributed by atoms with E-state index in [-0.39, 0.29) is 0 Å². The number of hydrazine groups is 1. The zero-order valence-electron chi connectivity index (χ0n) is 12.0. The Bertz CT molecular complexity index is 441. The summed E-state index contributed by atoms with van der Waals surface area (Å²) in [6.07, 6.45) is 11.2. The summed E-state index contributed by atoms with van der Waals surface area (Å²) in [5, 5.41) is 4.37. The van der Waals surface area contributed by atoms with Crippen LogP contribution in [0.1, 0.15) is 13.8 Å². The molecule has 2 aliphatic heterocycles. The van der Waals surface area contributed by atoms with Gasteiger partial charge in [-0.15, -0.1) is 0 Å². The lowest BCUT2D eigenvalue weighted by molar-refractivity contribution is 0.0585. The monoisotopic (exact) mass is 245 g/mol. The highest BCUT2D eigenvalue weighted by atomic mass is 15.6. The third-order valence-electron chi connectivity index (χ3n) is 3.64. The molecule has 0 fully saturated rings. The van der Waals surface area contributed by atoms with Gasteiger partial charge in [-0.05, 0) is 13.8 Å². The highest BCUT2D eigenvalue weighted by Gasteiger charge is 2.18. The maximum absolute atomic E-state index is 2.28. The van der Waals surface area contributed by atoms with E-state index in [1.807, 2.05) is 0 Å². The molecule has 3 nitrogen and oxygen atoms in total. The molecule has 0 spiro atoms. The molecular weight excluding hydrogens is 222 g/mol. The fraction of sp³-hybridized carbons (Fsp3) is 0.467. The van der Waals surface area contributed by atoms with E-state index in [4.69, 9.17) is 0 Å². The Morgan fingerprint density at radius 1 is 1.28 bits per heavy atom. The zero-order chi connectivity index (χ0) is 13.3. The van der Waals surface area contributed by atoms with Gasteiger partial charge in [0.1, 0.15) is 0 Å². The average molecular weight is 245 g/mol. The number of nitrogens with zero attached hydrogens (tertiary/aromatic N) is 3. The smallest absolute Gasteiger partial charge is 0.0605 e. The van der Waals surface area contributed by atoms with Crippen molar-refractivity contribution in [1.29, 1.82) is 0 Å². The van der Waals surface area contributed by atoms with Crippen LogP contribution in [0, 0.1) is 0 Å². The molecule has 3 heteroatoms. The maximum atomic E-state index is 2.28. The van der Waals surface area contributed by atoms with Crippen molar-refractivity contribution in [3.8, 4) is 0 Å². The van der Waals surface area contributed by atoms with Crippen LogP contribution < -0.4 is 0 Å². The zero-order valence-corrected chi connectivity index (χ0v) is 12.0. The van der Waals surface area contributed by atoms with E-state index in [0.717, 1.165) is 6.54 Å². The average Bonchev–Trinajstić information content (AvgIpc) is 2.33. The van der Waals surface area contributed by atoms with E-state index in [9.17, 15) is 0 Å². The first-order valence-electron chi connectivity index (χ1n) is 6.45. The molecule has 2 heterocycles. The van der Waals surface area contributed by atoms with Gasteiger partial charge in [0.05, 0.1) is 6.04 Å². The van der Waals surface area contributed by atoms with Crippen molar-refractivity contribution in [1.82, 2.24) is 14.9 Å². The number of allylic oxidation sites excluding steroid dienone is 5. The van der Waals surface area contributed by atoms with Crippen LogP contribution in [-0.4, -0.2) is 48.6 Å². The molecule has 98 valence electrons. The number of rotatable bonds is 2. The molecule has 0 aliphatic carbocycles. The summed E-state index contributed by atoms with van der Waals surface area (Å²) in [4.78, 5) is 2.28. The lowest BCUT2D eigenvalue weighted by Crippen LogP contribution is -2.40. The lowest BCUT2D eigenvalue weighted by Gasteiger charge is -2.35. The minimum Gasteiger partial charge on any atom is -0.374 e. The van der Waals surface area contributed by atoms with Crippen LogP contribution in [-0.2, 0) is 0 Å². The van der Waals surface area contributed by atoms with Gasteiger partial charge < -0.3 is 9.91 Å². The van der Waals surface area contributed by atoms with E-state index in [0.29, 0.717) is 6.04 Å². The summed E-state index contributed by atoms with van der Waals surface area (Å²) in [6.45, 7) is 5.39. The minimum absolute atomic E-state index is 0.412. The largest absolute Gasteiger partial charge is 0.374 e. The Morgan fingerprint density at radius 3 is 2.67 bits per heavy atom. The van der Waals surface area contributed by atoms with Crippen LogP contribution >= 0.6 is 0 Å². The Morgan fingerprint density at radius 2 is 2.00 bits per heavy atom. The van der Waals surface area contributed by atoms with Gasteiger partial charge in [0, 0.05) is 50.7 Å². The Kier molecular flexibility index (Phi) is 3.62. The highest BCUT2D eigenvalue weighted by molar-refractivity contribution is 5.51. The Labute approximate surface area is 110 Å². The first kappa shape index (κ1) is 13.0. The molecule has 2 rings (SSSR count). The molecule has 0 bridgehead atoms. The second-order valence-corrected chi connectivity index (χ2v) is 5.19. The summed E-state index contributed by atoms with van der Waals surface area (Å²) in [5.41, 5.74) is 3.93. The predicted molar refractivity (Wildman–Crippen MR) is 76.7 cm³/mol. The Hall–Kier alpha value is -1.48. The molecule has 0 aromatic heterocycles. The molecule has 1 unspecified atom stereocenters. The van der Waals surface area contributed by atoms with Gasteiger partial charge in [-0.25, -0.2) is 5.01 Å². The molecule has 1 atom stereocenters. The fourth-order valence-electron chi connectivity index (χ4n) is 2.37. The summed E-state index contributed by atoms with van der Waals surface area (Å²) >= 11 is 0. The summed E-state index contributed by atoms with van der Waals surface area (Å²) in [7, 11) is 6.29. The fourth-order valence-corrected chi connectivity index (χ4v) is 2.37. The number of hydrogen-bond donors (Lipinski definition) is 0. The molecule has 0 radical (unpaired) electrons. The van der Waals surface area contributed by atoms with Crippen LogP contribution in [0.5, 0.6) is 0 Å². The molecular formula is C15H23N3. The van der Waals surface area contributed by atoms with E-state index in [2.05, 4.69) is 80.4 Å². The van der Waals surface area contributed by atoms with Crippen molar-refractivity contribution < 1.29 is 0 Å². The van der Waals surface area contributed by atoms with Crippen molar-refractivity contribution in [2.24, 2.45) is 0 Å². The predicted octanol–water partition coefficient (Wildman–Crippen LogP) is 2.38. The standard InChI is InChI=1S/C15H23N3/c1-12-8-9-14(11-18(12)16(3)4)15-7-6-10-17(5)13(15)2/h6-9,11-12H,10H2,1-5H3. The first-order chi connectivity index (χ1) is 8.50.